The Balaban J connectivity index is 1.24. The van der Waals surface area contributed by atoms with Gasteiger partial charge in [0.1, 0.15) is 12.4 Å². The minimum absolute atomic E-state index is 0.0240. The molecule has 1 atom stereocenters. The predicted octanol–water partition coefficient (Wildman–Crippen LogP) is 2.68. The van der Waals surface area contributed by atoms with Crippen molar-refractivity contribution in [2.45, 2.75) is 56.6 Å². The van der Waals surface area contributed by atoms with Crippen LogP contribution in [0.3, 0.4) is 0 Å². The lowest BCUT2D eigenvalue weighted by Gasteiger charge is -2.42. The lowest BCUT2D eigenvalue weighted by molar-refractivity contribution is -0.147. The van der Waals surface area contributed by atoms with Gasteiger partial charge in [0.15, 0.2) is 0 Å². The van der Waals surface area contributed by atoms with Gasteiger partial charge in [-0.15, -0.1) is 0 Å². The number of piperidine rings is 1. The first kappa shape index (κ1) is 30.0. The van der Waals surface area contributed by atoms with Gasteiger partial charge >= 0.3 is 5.97 Å². The van der Waals surface area contributed by atoms with E-state index in [-0.39, 0.29) is 30.6 Å². The molecule has 0 radical (unpaired) electrons. The van der Waals surface area contributed by atoms with Gasteiger partial charge in [0, 0.05) is 38.8 Å². The summed E-state index contributed by atoms with van der Waals surface area (Å²) in [6.45, 7) is 9.99. The highest BCUT2D eigenvalue weighted by Crippen LogP contribution is 2.33. The second-order valence-corrected chi connectivity index (χ2v) is 13.6. The molecule has 5 rings (SSSR count). The number of ether oxygens (including phenoxy) is 2. The van der Waals surface area contributed by atoms with Crippen LogP contribution in [0, 0.1) is 13.8 Å². The Bertz CT molecular complexity index is 1310. The number of hydrogen-bond acceptors (Lipinski definition) is 8. The van der Waals surface area contributed by atoms with Gasteiger partial charge in [-0.25, -0.2) is 8.42 Å². The van der Waals surface area contributed by atoms with E-state index in [1.54, 1.807) is 33.1 Å². The molecule has 0 aromatic heterocycles. The molecule has 9 nitrogen and oxygen atoms in total. The molecule has 0 spiro atoms. The number of esters is 1. The van der Waals surface area contributed by atoms with E-state index in [1.165, 1.54) is 17.1 Å². The van der Waals surface area contributed by atoms with Crippen LogP contribution in [-0.4, -0.2) is 112 Å². The summed E-state index contributed by atoms with van der Waals surface area (Å²) in [6.07, 6.45) is 2.91. The van der Waals surface area contributed by atoms with E-state index in [0.29, 0.717) is 29.3 Å². The Labute approximate surface area is 245 Å². The molecule has 41 heavy (non-hydrogen) atoms. The number of sulfonamides is 1. The summed E-state index contributed by atoms with van der Waals surface area (Å²) in [5.41, 5.74) is 3.34. The minimum Gasteiger partial charge on any atom is -0.497 e. The van der Waals surface area contributed by atoms with E-state index >= 15 is 0 Å². The first-order valence-corrected chi connectivity index (χ1v) is 16.1. The number of rotatable bonds is 8. The van der Waals surface area contributed by atoms with Crippen molar-refractivity contribution in [3.63, 3.8) is 0 Å². The van der Waals surface area contributed by atoms with Gasteiger partial charge in [-0.1, -0.05) is 24.3 Å². The number of aryl methyl sites for hydroxylation is 2. The van der Waals surface area contributed by atoms with Crippen LogP contribution < -0.4 is 4.74 Å². The molecule has 2 aromatic rings. The molecular weight excluding hydrogens is 540 g/mol. The number of fused-ring (bicyclic) bond motifs is 1. The molecule has 2 saturated heterocycles. The van der Waals surface area contributed by atoms with Crippen LogP contribution >= 0.6 is 0 Å². The van der Waals surface area contributed by atoms with Crippen LogP contribution in [0.1, 0.15) is 35.1 Å². The Morgan fingerprint density at radius 1 is 0.951 bits per heavy atom. The fraction of sp³-hybridized carbons (Fsp3) is 0.581. The molecule has 224 valence electrons. The maximum atomic E-state index is 14.1. The molecule has 3 aliphatic rings. The fourth-order valence-electron chi connectivity index (χ4n) is 6.60. The van der Waals surface area contributed by atoms with E-state index in [0.717, 1.165) is 50.4 Å². The highest BCUT2D eigenvalue weighted by molar-refractivity contribution is 7.89. The zero-order valence-electron chi connectivity index (χ0n) is 24.8. The number of methoxy groups -OCH3 is 1. The second kappa shape index (κ2) is 12.8. The summed E-state index contributed by atoms with van der Waals surface area (Å²) in [5, 5.41) is 0. The predicted molar refractivity (Wildman–Crippen MR) is 159 cm³/mol. The van der Waals surface area contributed by atoms with Crippen molar-refractivity contribution in [2.75, 3.05) is 66.6 Å². The maximum Gasteiger partial charge on any atom is 0.320 e. The van der Waals surface area contributed by atoms with Crippen LogP contribution in [-0.2, 0) is 32.5 Å². The van der Waals surface area contributed by atoms with Gasteiger partial charge in [0.2, 0.25) is 10.0 Å². The number of benzene rings is 2. The molecule has 2 aromatic carbocycles. The van der Waals surface area contributed by atoms with E-state index in [1.807, 2.05) is 24.3 Å². The Morgan fingerprint density at radius 2 is 1.59 bits per heavy atom. The molecule has 3 aliphatic heterocycles. The molecule has 1 unspecified atom stereocenters. The van der Waals surface area contributed by atoms with Crippen molar-refractivity contribution >= 4 is 16.0 Å². The molecule has 3 heterocycles. The van der Waals surface area contributed by atoms with Crippen molar-refractivity contribution in [3.05, 3.63) is 58.7 Å². The summed E-state index contributed by atoms with van der Waals surface area (Å²) in [5.74, 6) is 0.325. The SMILES string of the molecule is COc1cc(C)c(S(=O)(=O)N2Cc3ccccc3CC2COC(=O)CN2CCN(C3CCN(C)CC3)CC2)c(C)c1. The summed E-state index contributed by atoms with van der Waals surface area (Å²) in [4.78, 5) is 20.4. The average molecular weight is 585 g/mol. The van der Waals surface area contributed by atoms with Gasteiger partial charge in [-0.3, -0.25) is 14.6 Å². The third-order valence-corrected chi connectivity index (χ3v) is 11.1. The second-order valence-electron chi connectivity index (χ2n) is 11.8. The zero-order chi connectivity index (χ0) is 29.1. The van der Waals surface area contributed by atoms with Crippen molar-refractivity contribution in [2.24, 2.45) is 0 Å². The Hall–Kier alpha value is -2.50. The monoisotopic (exact) mass is 584 g/mol. The third-order valence-electron chi connectivity index (χ3n) is 8.94. The van der Waals surface area contributed by atoms with Gasteiger partial charge in [0.05, 0.1) is 24.6 Å². The van der Waals surface area contributed by atoms with E-state index in [2.05, 4.69) is 21.7 Å². The molecule has 10 heteroatoms. The van der Waals surface area contributed by atoms with Crippen LogP contribution in [0.4, 0.5) is 0 Å². The Kier molecular flexibility index (Phi) is 9.35. The molecule has 0 saturated carbocycles. The molecule has 0 amide bonds. The van der Waals surface area contributed by atoms with Crippen LogP contribution in [0.5, 0.6) is 5.75 Å². The maximum absolute atomic E-state index is 14.1. The van der Waals surface area contributed by atoms with Gasteiger partial charge in [0.25, 0.3) is 0 Å². The summed E-state index contributed by atoms with van der Waals surface area (Å²) >= 11 is 0. The zero-order valence-corrected chi connectivity index (χ0v) is 25.7. The molecule has 0 bridgehead atoms. The van der Waals surface area contributed by atoms with E-state index in [9.17, 15) is 13.2 Å². The smallest absolute Gasteiger partial charge is 0.320 e. The topological polar surface area (TPSA) is 82.6 Å². The Morgan fingerprint density at radius 3 is 2.22 bits per heavy atom. The normalized spacial score (nSPS) is 21.9. The lowest BCUT2D eigenvalue weighted by atomic mass is 9.96. The van der Waals surface area contributed by atoms with Crippen LogP contribution in [0.2, 0.25) is 0 Å². The number of carbonyl (C=O) groups excluding carboxylic acids is 1. The lowest BCUT2D eigenvalue weighted by Crippen LogP contribution is -2.53. The highest BCUT2D eigenvalue weighted by Gasteiger charge is 2.38. The quantitative estimate of drug-likeness (QED) is 0.438. The first-order valence-electron chi connectivity index (χ1n) is 14.7. The van der Waals surface area contributed by atoms with Gasteiger partial charge in [-0.2, -0.15) is 4.31 Å². The van der Waals surface area contributed by atoms with Crippen molar-refractivity contribution in [1.82, 2.24) is 19.0 Å². The summed E-state index contributed by atoms with van der Waals surface area (Å²) < 4.78 is 40.9. The standard InChI is InChI=1S/C31H44N4O5S/c1-23-17-29(39-4)18-24(2)31(23)41(37,38)35-20-26-8-6-5-7-25(26)19-28(35)22-40-30(36)21-33-13-15-34(16-14-33)27-9-11-32(3)12-10-27/h5-8,17-18,27-28H,9-16,19-22H2,1-4H3. The van der Waals surface area contributed by atoms with Crippen molar-refractivity contribution < 1.29 is 22.7 Å². The molecule has 0 N–H and O–H groups in total. The van der Waals surface area contributed by atoms with Gasteiger partial charge < -0.3 is 14.4 Å². The number of nitrogens with zero attached hydrogens (tertiary/aromatic N) is 4. The first-order chi connectivity index (χ1) is 19.7. The van der Waals surface area contributed by atoms with E-state index in [4.69, 9.17) is 9.47 Å². The fourth-order valence-corrected chi connectivity index (χ4v) is 8.61. The van der Waals surface area contributed by atoms with Gasteiger partial charge in [-0.05, 0) is 87.6 Å². The number of piperazine rings is 1. The summed E-state index contributed by atoms with van der Waals surface area (Å²) in [6, 6.07) is 11.6. The summed E-state index contributed by atoms with van der Waals surface area (Å²) in [7, 11) is -0.113. The number of carbonyl (C=O) groups is 1. The molecular formula is C31H44N4O5S. The molecule has 0 aliphatic carbocycles. The largest absolute Gasteiger partial charge is 0.497 e. The number of hydrogen-bond donors (Lipinski definition) is 0. The minimum atomic E-state index is -3.87. The average Bonchev–Trinajstić information content (AvgIpc) is 2.96. The highest BCUT2D eigenvalue weighted by atomic mass is 32.2. The number of likely N-dealkylation sites (tertiary alicyclic amines) is 1. The third kappa shape index (κ3) is 6.78. The molecule has 2 fully saturated rings. The van der Waals surface area contributed by atoms with Crippen LogP contribution in [0.25, 0.3) is 0 Å². The van der Waals surface area contributed by atoms with Crippen molar-refractivity contribution in [3.8, 4) is 5.75 Å². The van der Waals surface area contributed by atoms with Crippen LogP contribution in [0.15, 0.2) is 41.3 Å². The van der Waals surface area contributed by atoms with Crippen molar-refractivity contribution in [1.29, 1.82) is 0 Å². The van der Waals surface area contributed by atoms with E-state index < -0.39 is 16.1 Å².